The number of aromatic nitrogens is 3. The molecule has 1 aromatic carbocycles. The molecule has 4 fully saturated rings. The number of fused-ring (bicyclic) bond motifs is 1. The number of thiazole rings is 3. The number of hydrogen-bond acceptors (Lipinski definition) is 15. The number of carbonyl (C=O) groups excluding carboxylic acids is 2. The number of amides is 1. The van der Waals surface area contributed by atoms with Crippen LogP contribution in [-0.4, -0.2) is 96.1 Å². The van der Waals surface area contributed by atoms with Crippen LogP contribution in [0.2, 0.25) is 0 Å². The van der Waals surface area contributed by atoms with Crippen LogP contribution in [0.4, 0.5) is 5.13 Å². The van der Waals surface area contributed by atoms with Crippen molar-refractivity contribution in [2.75, 3.05) is 58.7 Å². The fourth-order valence-corrected chi connectivity index (χ4v) is 10.6. The molecular formula is C39H53BrK2N5O8PS3. The van der Waals surface area contributed by atoms with Crippen LogP contribution in [0.3, 0.4) is 0 Å². The first kappa shape index (κ1) is 54.0. The van der Waals surface area contributed by atoms with Gasteiger partial charge in [0.25, 0.3) is 12.4 Å². The van der Waals surface area contributed by atoms with Crippen LogP contribution < -0.4 is 119 Å². The minimum Gasteiger partial charge on any atom is -1.00 e. The van der Waals surface area contributed by atoms with Crippen LogP contribution >= 0.6 is 57.1 Å². The van der Waals surface area contributed by atoms with Gasteiger partial charge in [-0.1, -0.05) is 15.9 Å². The molecule has 13 nitrogen and oxygen atoms in total. The van der Waals surface area contributed by atoms with E-state index in [2.05, 4.69) is 49.2 Å². The average molecular weight is 1010 g/mol. The Hall–Kier alpha value is 0.673. The van der Waals surface area contributed by atoms with Crippen LogP contribution in [0.15, 0.2) is 22.9 Å². The van der Waals surface area contributed by atoms with Crippen molar-refractivity contribution < 1.29 is 143 Å². The molecule has 20 heteroatoms. The standard InChI is InChI=1S/C23H29N2O3PS.C8H11NOS.C4H6N2S.C3H5BrO.CH2O3.2K.H/c1-13-22(30-20(24-13)7-15-11-28-12-15)17-8-18-10-25(14(2)16-5-6-16)23(26)21(18)19(9-17)29(3,4)27;1-6-5-11-8(9-6)2-7-3-10-4-7;1-3-2-7-4(5)6-3;4-3-1-5-2-3;2-1-4-3;;;/h8-9,14-16H,5-7,10-12H2,1-4H3;5,7H,2-4H2,1H3;2H,1H3,(H2,5,6);3H,1-2H2;1,3H;;;/q;;;;;2*+1;-1/p-1/t14-;;;;;;;/m0......./s1. The molecule has 0 unspecified atom stereocenters. The molecule has 1 saturated carbocycles. The second-order valence-electron chi connectivity index (χ2n) is 15.2. The molecule has 1 aliphatic carbocycles. The van der Waals surface area contributed by atoms with Gasteiger partial charge in [-0.3, -0.25) is 9.59 Å². The topological polar surface area (TPSA) is 179 Å². The maximum absolute atomic E-state index is 13.3. The Kier molecular flexibility index (Phi) is 23.8. The van der Waals surface area contributed by atoms with Gasteiger partial charge in [0.2, 0.25) is 0 Å². The Morgan fingerprint density at radius 3 is 1.90 bits per heavy atom. The average Bonchev–Trinajstić information content (AvgIpc) is 3.43. The maximum Gasteiger partial charge on any atom is 1.00 e. The molecule has 1 atom stereocenters. The van der Waals surface area contributed by atoms with Gasteiger partial charge in [0.05, 0.1) is 76.3 Å². The van der Waals surface area contributed by atoms with E-state index in [4.69, 9.17) is 35.0 Å². The zero-order valence-corrected chi connectivity index (χ0v) is 46.4. The third-order valence-corrected chi connectivity index (χ3v) is 14.8. The predicted molar refractivity (Wildman–Crippen MR) is 229 cm³/mol. The molecule has 4 aliphatic heterocycles. The van der Waals surface area contributed by atoms with E-state index >= 15 is 0 Å². The summed E-state index contributed by atoms with van der Waals surface area (Å²) in [7, 11) is -2.62. The van der Waals surface area contributed by atoms with Crippen molar-refractivity contribution in [2.45, 2.75) is 70.8 Å². The van der Waals surface area contributed by atoms with E-state index in [1.807, 2.05) is 37.1 Å². The molecule has 7 heterocycles. The van der Waals surface area contributed by atoms with Crippen molar-refractivity contribution in [3.8, 4) is 10.4 Å². The number of carbonyl (C=O) groups is 2. The van der Waals surface area contributed by atoms with E-state index in [-0.39, 0.29) is 123 Å². The summed E-state index contributed by atoms with van der Waals surface area (Å²) in [5.74, 6) is 1.98. The second kappa shape index (κ2) is 26.0. The summed E-state index contributed by atoms with van der Waals surface area (Å²) in [6.07, 6.45) is 4.47. The van der Waals surface area contributed by atoms with Crippen LogP contribution in [-0.2, 0) is 47.8 Å². The van der Waals surface area contributed by atoms with Crippen LogP contribution in [0.5, 0.6) is 0 Å². The number of halogens is 1. The maximum atomic E-state index is 13.3. The first-order chi connectivity index (χ1) is 27.2. The molecule has 5 aliphatic rings. The van der Waals surface area contributed by atoms with Gasteiger partial charge in [-0.15, -0.1) is 34.0 Å². The number of anilines is 1. The molecule has 4 aromatic rings. The fourth-order valence-electron chi connectivity index (χ4n) is 6.36. The number of benzene rings is 1. The largest absolute Gasteiger partial charge is 1.00 e. The van der Waals surface area contributed by atoms with E-state index in [1.165, 1.54) is 29.2 Å². The monoisotopic (exact) mass is 1000 g/mol. The van der Waals surface area contributed by atoms with E-state index in [1.54, 1.807) is 36.0 Å². The smallest absolute Gasteiger partial charge is 1.00 e. The summed E-state index contributed by atoms with van der Waals surface area (Å²) >= 11 is 8.29. The van der Waals surface area contributed by atoms with Gasteiger partial charge in [0.15, 0.2) is 5.13 Å². The van der Waals surface area contributed by atoms with Gasteiger partial charge in [0, 0.05) is 59.0 Å². The van der Waals surface area contributed by atoms with Crippen LogP contribution in [0.1, 0.15) is 64.2 Å². The number of nitrogens with zero attached hydrogens (tertiary/aromatic N) is 4. The summed E-state index contributed by atoms with van der Waals surface area (Å²) < 4.78 is 28.4. The predicted octanol–water partition coefficient (Wildman–Crippen LogP) is 0.319. The molecule has 59 heavy (non-hydrogen) atoms. The van der Waals surface area contributed by atoms with Crippen molar-refractivity contribution in [1.29, 1.82) is 0 Å². The Bertz CT molecular complexity index is 1990. The van der Waals surface area contributed by atoms with Gasteiger partial charge in [-0.2, -0.15) is 0 Å². The number of rotatable bonds is 9. The molecule has 0 bridgehead atoms. The van der Waals surface area contributed by atoms with Crippen molar-refractivity contribution in [2.24, 2.45) is 17.8 Å². The molecule has 0 radical (unpaired) electrons. The molecule has 2 N–H and O–H groups in total. The van der Waals surface area contributed by atoms with Gasteiger partial charge in [-0.05, 0) is 83.0 Å². The molecule has 3 aromatic heterocycles. The summed E-state index contributed by atoms with van der Waals surface area (Å²) in [6.45, 7) is 17.5. The van der Waals surface area contributed by atoms with Crippen molar-refractivity contribution in [1.82, 2.24) is 19.9 Å². The van der Waals surface area contributed by atoms with Gasteiger partial charge < -0.3 is 41.0 Å². The van der Waals surface area contributed by atoms with E-state index < -0.39 is 7.14 Å². The number of ether oxygens (including phenoxy) is 3. The van der Waals surface area contributed by atoms with Crippen LogP contribution in [0.25, 0.3) is 10.4 Å². The zero-order chi connectivity index (χ0) is 41.3. The molecule has 1 amide bonds. The number of alkyl halides is 1. The Labute approximate surface area is 454 Å². The minimum absolute atomic E-state index is 0. The van der Waals surface area contributed by atoms with E-state index in [0.717, 1.165) is 102 Å². The fraction of sp³-hybridized carbons (Fsp3) is 0.564. The summed E-state index contributed by atoms with van der Waals surface area (Å²) in [5, 5.41) is 16.2. The normalized spacial score (nSPS) is 17.4. The van der Waals surface area contributed by atoms with Crippen molar-refractivity contribution in [3.63, 3.8) is 0 Å². The van der Waals surface area contributed by atoms with Gasteiger partial charge >= 0.3 is 103 Å². The second-order valence-corrected chi connectivity index (χ2v) is 22.6. The molecule has 314 valence electrons. The zero-order valence-electron chi connectivity index (χ0n) is 36.2. The number of hydrogen-bond donors (Lipinski definition) is 1. The first-order valence-corrected chi connectivity index (χ1v) is 24.9. The Morgan fingerprint density at radius 1 is 0.966 bits per heavy atom. The first-order valence-electron chi connectivity index (χ1n) is 18.8. The molecular weight excluding hydrogens is 952 g/mol. The number of aryl methyl sites for hydroxylation is 3. The molecule has 3 saturated heterocycles. The Balaban J connectivity index is 0.000000336. The van der Waals surface area contributed by atoms with Crippen LogP contribution in [0, 0.1) is 38.5 Å². The summed E-state index contributed by atoms with van der Waals surface area (Å²) in [5.41, 5.74) is 11.2. The van der Waals surface area contributed by atoms with E-state index in [0.29, 0.717) is 33.9 Å². The van der Waals surface area contributed by atoms with Gasteiger partial charge in [-0.25, -0.2) is 15.0 Å². The number of nitrogen functional groups attached to an aromatic ring is 1. The Morgan fingerprint density at radius 2 is 1.51 bits per heavy atom. The summed E-state index contributed by atoms with van der Waals surface area (Å²) in [6, 6.07) is 4.39. The molecule has 0 spiro atoms. The quantitative estimate of drug-likeness (QED) is 0.0608. The minimum atomic E-state index is -2.62. The third-order valence-electron chi connectivity index (χ3n) is 9.77. The summed E-state index contributed by atoms with van der Waals surface area (Å²) in [4.78, 5) is 41.4. The van der Waals surface area contributed by atoms with Gasteiger partial charge in [0.1, 0.15) is 7.14 Å². The van der Waals surface area contributed by atoms with E-state index in [9.17, 15) is 9.36 Å². The van der Waals surface area contributed by atoms with Crippen molar-refractivity contribution >= 4 is 79.9 Å². The number of nitrogens with two attached hydrogens (primary N) is 1. The van der Waals surface area contributed by atoms with Crippen molar-refractivity contribution in [3.05, 3.63) is 61.1 Å². The third kappa shape index (κ3) is 16.6. The SMILES string of the molecule is BrC1COC1.Cc1csc(CC2COC2)n1.Cc1csc(N)n1.Cc1nc(CC2COC2)sc1-c1cc2c(c(P(C)(C)=O)c1)C(=O)N([C@@H](C)C1CC1)C2.O=CO[O-].[H-].[K+].[K+]. The molecule has 9 rings (SSSR count).